The number of benzene rings is 1. The standard InChI is InChI=1S/C16H20N2/c1-16(14-17)9-12-18(13-10-16)11-5-8-15-6-3-2-4-7-15/h2-8H,9-13H2,1H3. The Kier molecular flexibility index (Phi) is 4.17. The maximum absolute atomic E-state index is 9.08. The summed E-state index contributed by atoms with van der Waals surface area (Å²) >= 11 is 0. The molecule has 1 aliphatic rings. The molecule has 1 aliphatic heterocycles. The fourth-order valence-electron chi connectivity index (χ4n) is 2.24. The third-order valence-corrected chi connectivity index (χ3v) is 3.70. The first-order valence-electron chi connectivity index (χ1n) is 6.57. The topological polar surface area (TPSA) is 27.0 Å². The van der Waals surface area contributed by atoms with E-state index in [4.69, 9.17) is 5.26 Å². The van der Waals surface area contributed by atoms with E-state index in [-0.39, 0.29) is 5.41 Å². The highest BCUT2D eigenvalue weighted by Gasteiger charge is 2.29. The first-order valence-corrected chi connectivity index (χ1v) is 6.57. The van der Waals surface area contributed by atoms with E-state index in [1.165, 1.54) is 5.56 Å². The molecule has 0 atom stereocenters. The summed E-state index contributed by atoms with van der Waals surface area (Å²) < 4.78 is 0. The van der Waals surface area contributed by atoms with E-state index in [2.05, 4.69) is 54.3 Å². The molecule has 1 heterocycles. The molecule has 1 aromatic rings. The first-order chi connectivity index (χ1) is 8.72. The molecule has 0 unspecified atom stereocenters. The molecule has 0 aliphatic carbocycles. The summed E-state index contributed by atoms with van der Waals surface area (Å²) in [6.07, 6.45) is 6.35. The van der Waals surface area contributed by atoms with Crippen molar-refractivity contribution in [2.24, 2.45) is 5.41 Å². The Morgan fingerprint density at radius 3 is 2.56 bits per heavy atom. The van der Waals surface area contributed by atoms with Gasteiger partial charge in [-0.05, 0) is 38.4 Å². The minimum Gasteiger partial charge on any atom is -0.300 e. The van der Waals surface area contributed by atoms with Crippen LogP contribution in [0.5, 0.6) is 0 Å². The first kappa shape index (κ1) is 12.9. The minimum absolute atomic E-state index is 0.0976. The zero-order valence-electron chi connectivity index (χ0n) is 11.0. The van der Waals surface area contributed by atoms with Crippen LogP contribution in [0.3, 0.4) is 0 Å². The van der Waals surface area contributed by atoms with Gasteiger partial charge >= 0.3 is 0 Å². The van der Waals surface area contributed by atoms with Gasteiger partial charge in [-0.25, -0.2) is 0 Å². The van der Waals surface area contributed by atoms with Gasteiger partial charge in [0.1, 0.15) is 0 Å². The summed E-state index contributed by atoms with van der Waals surface area (Å²) in [5.74, 6) is 0. The fraction of sp³-hybridized carbons (Fsp3) is 0.438. The van der Waals surface area contributed by atoms with Crippen molar-refractivity contribution < 1.29 is 0 Å². The lowest BCUT2D eigenvalue weighted by Gasteiger charge is -2.34. The van der Waals surface area contributed by atoms with Crippen molar-refractivity contribution in [2.45, 2.75) is 19.8 Å². The number of hydrogen-bond donors (Lipinski definition) is 0. The fourth-order valence-corrected chi connectivity index (χ4v) is 2.24. The normalized spacial score (nSPS) is 19.8. The number of piperidine rings is 1. The van der Waals surface area contributed by atoms with Gasteiger partial charge in [-0.15, -0.1) is 0 Å². The molecule has 0 aromatic heterocycles. The van der Waals surface area contributed by atoms with E-state index in [1.807, 2.05) is 6.07 Å². The van der Waals surface area contributed by atoms with Crippen LogP contribution in [0.2, 0.25) is 0 Å². The zero-order chi connectivity index (χ0) is 12.8. The molecular formula is C16H20N2. The van der Waals surface area contributed by atoms with Gasteiger partial charge in [0.15, 0.2) is 0 Å². The molecule has 0 saturated carbocycles. The van der Waals surface area contributed by atoms with Crippen LogP contribution >= 0.6 is 0 Å². The molecule has 94 valence electrons. The Morgan fingerprint density at radius 2 is 1.94 bits per heavy atom. The van der Waals surface area contributed by atoms with Crippen LogP contribution in [0.15, 0.2) is 36.4 Å². The Morgan fingerprint density at radius 1 is 1.28 bits per heavy atom. The molecule has 2 heteroatoms. The number of nitriles is 1. The summed E-state index contributed by atoms with van der Waals surface area (Å²) in [7, 11) is 0. The molecule has 0 amide bonds. The molecule has 2 nitrogen and oxygen atoms in total. The lowest BCUT2D eigenvalue weighted by atomic mass is 9.82. The van der Waals surface area contributed by atoms with E-state index in [0.29, 0.717) is 0 Å². The largest absolute Gasteiger partial charge is 0.300 e. The number of hydrogen-bond acceptors (Lipinski definition) is 2. The average Bonchev–Trinajstić information content (AvgIpc) is 2.42. The molecule has 0 bridgehead atoms. The van der Waals surface area contributed by atoms with E-state index in [9.17, 15) is 0 Å². The number of likely N-dealkylation sites (tertiary alicyclic amines) is 1. The van der Waals surface area contributed by atoms with Crippen LogP contribution in [0, 0.1) is 16.7 Å². The summed E-state index contributed by atoms with van der Waals surface area (Å²) in [6, 6.07) is 12.8. The maximum atomic E-state index is 9.08. The second-order valence-electron chi connectivity index (χ2n) is 5.29. The lowest BCUT2D eigenvalue weighted by Crippen LogP contribution is -2.37. The lowest BCUT2D eigenvalue weighted by molar-refractivity contribution is 0.170. The van der Waals surface area contributed by atoms with Crippen LogP contribution in [-0.2, 0) is 0 Å². The van der Waals surface area contributed by atoms with Crippen LogP contribution in [0.1, 0.15) is 25.3 Å². The Bertz CT molecular complexity index is 434. The van der Waals surface area contributed by atoms with Crippen molar-refractivity contribution in [3.8, 4) is 6.07 Å². The quantitative estimate of drug-likeness (QED) is 0.810. The van der Waals surface area contributed by atoms with Gasteiger partial charge in [0, 0.05) is 6.54 Å². The smallest absolute Gasteiger partial charge is 0.0687 e. The Labute approximate surface area is 110 Å². The van der Waals surface area contributed by atoms with E-state index < -0.39 is 0 Å². The minimum atomic E-state index is -0.0976. The zero-order valence-corrected chi connectivity index (χ0v) is 11.0. The summed E-state index contributed by atoms with van der Waals surface area (Å²) in [5, 5.41) is 9.08. The third kappa shape index (κ3) is 3.45. The number of nitrogens with zero attached hydrogens (tertiary/aromatic N) is 2. The van der Waals surface area contributed by atoms with E-state index >= 15 is 0 Å². The molecule has 0 radical (unpaired) electrons. The third-order valence-electron chi connectivity index (χ3n) is 3.70. The van der Waals surface area contributed by atoms with Crippen LogP contribution < -0.4 is 0 Å². The van der Waals surface area contributed by atoms with Gasteiger partial charge in [-0.2, -0.15) is 5.26 Å². The summed E-state index contributed by atoms with van der Waals surface area (Å²) in [4.78, 5) is 2.42. The summed E-state index contributed by atoms with van der Waals surface area (Å²) in [5.41, 5.74) is 1.15. The summed E-state index contributed by atoms with van der Waals surface area (Å²) in [6.45, 7) is 5.12. The van der Waals surface area contributed by atoms with Crippen molar-refractivity contribution in [3.05, 3.63) is 42.0 Å². The molecule has 0 N–H and O–H groups in total. The van der Waals surface area contributed by atoms with Crippen molar-refractivity contribution >= 4 is 6.08 Å². The molecule has 18 heavy (non-hydrogen) atoms. The monoisotopic (exact) mass is 240 g/mol. The van der Waals surface area contributed by atoms with Crippen LogP contribution in [-0.4, -0.2) is 24.5 Å². The van der Waals surface area contributed by atoms with Gasteiger partial charge in [0.05, 0.1) is 11.5 Å². The highest BCUT2D eigenvalue weighted by atomic mass is 15.1. The molecule has 2 rings (SSSR count). The van der Waals surface area contributed by atoms with Gasteiger partial charge in [-0.3, -0.25) is 4.90 Å². The SMILES string of the molecule is CC1(C#N)CCN(CC=Cc2ccccc2)CC1. The van der Waals surface area contributed by atoms with Crippen molar-refractivity contribution in [2.75, 3.05) is 19.6 Å². The molecule has 1 fully saturated rings. The number of rotatable bonds is 3. The van der Waals surface area contributed by atoms with Crippen LogP contribution in [0.25, 0.3) is 6.08 Å². The molecular weight excluding hydrogens is 220 g/mol. The molecule has 0 spiro atoms. The highest BCUT2D eigenvalue weighted by molar-refractivity contribution is 5.48. The second-order valence-corrected chi connectivity index (χ2v) is 5.29. The van der Waals surface area contributed by atoms with Crippen molar-refractivity contribution in [3.63, 3.8) is 0 Å². The van der Waals surface area contributed by atoms with Gasteiger partial charge in [0.2, 0.25) is 0 Å². The predicted octanol–water partition coefficient (Wildman–Crippen LogP) is 3.33. The second kappa shape index (κ2) is 5.84. The van der Waals surface area contributed by atoms with Gasteiger partial charge in [-0.1, -0.05) is 42.5 Å². The Balaban J connectivity index is 1.80. The highest BCUT2D eigenvalue weighted by Crippen LogP contribution is 2.29. The van der Waals surface area contributed by atoms with Gasteiger partial charge < -0.3 is 0 Å². The Hall–Kier alpha value is -1.59. The van der Waals surface area contributed by atoms with Crippen LogP contribution in [0.4, 0.5) is 0 Å². The van der Waals surface area contributed by atoms with Crippen molar-refractivity contribution in [1.82, 2.24) is 4.90 Å². The van der Waals surface area contributed by atoms with E-state index in [0.717, 1.165) is 32.5 Å². The maximum Gasteiger partial charge on any atom is 0.0687 e. The average molecular weight is 240 g/mol. The molecule has 1 saturated heterocycles. The van der Waals surface area contributed by atoms with E-state index in [1.54, 1.807) is 0 Å². The van der Waals surface area contributed by atoms with Crippen molar-refractivity contribution in [1.29, 1.82) is 5.26 Å². The molecule has 1 aromatic carbocycles. The predicted molar refractivity (Wildman–Crippen MR) is 74.9 cm³/mol. The van der Waals surface area contributed by atoms with Gasteiger partial charge in [0.25, 0.3) is 0 Å².